The van der Waals surface area contributed by atoms with Gasteiger partial charge in [-0.15, -0.1) is 0 Å². The topological polar surface area (TPSA) is 57.8 Å². The molecule has 5 heteroatoms. The fourth-order valence-corrected chi connectivity index (χ4v) is 4.32. The van der Waals surface area contributed by atoms with E-state index in [1.807, 2.05) is 37.3 Å². The average molecular weight is 392 g/mol. The molecule has 1 unspecified atom stereocenters. The van der Waals surface area contributed by atoms with E-state index in [-0.39, 0.29) is 5.56 Å². The first-order valence-electron chi connectivity index (χ1n) is 10.5. The Morgan fingerprint density at radius 1 is 1.10 bits per heavy atom. The van der Waals surface area contributed by atoms with Crippen molar-refractivity contribution in [1.29, 1.82) is 0 Å². The van der Waals surface area contributed by atoms with Crippen molar-refractivity contribution in [3.63, 3.8) is 0 Å². The van der Waals surface area contributed by atoms with Crippen LogP contribution in [-0.2, 0) is 6.42 Å². The molecule has 1 aliphatic rings. The molecule has 0 amide bonds. The second-order valence-corrected chi connectivity index (χ2v) is 8.19. The van der Waals surface area contributed by atoms with Crippen molar-refractivity contribution in [3.05, 3.63) is 81.4 Å². The minimum Gasteiger partial charge on any atom is -0.388 e. The molecule has 2 aromatic heterocycles. The number of benzene rings is 1. The number of aryl methyl sites for hydroxylation is 2. The van der Waals surface area contributed by atoms with E-state index in [1.165, 1.54) is 5.56 Å². The third-order valence-electron chi connectivity index (χ3n) is 6.21. The third-order valence-corrected chi connectivity index (χ3v) is 6.21. The predicted octanol–water partition coefficient (Wildman–Crippen LogP) is 3.30. The van der Waals surface area contributed by atoms with Gasteiger partial charge in [-0.05, 0) is 69.8 Å². The number of rotatable bonds is 5. The largest absolute Gasteiger partial charge is 0.388 e. The zero-order chi connectivity index (χ0) is 20.4. The van der Waals surface area contributed by atoms with E-state index in [0.717, 1.165) is 49.3 Å². The van der Waals surface area contributed by atoms with Crippen LogP contribution in [0.25, 0.3) is 5.65 Å². The van der Waals surface area contributed by atoms with Crippen molar-refractivity contribution in [1.82, 2.24) is 14.3 Å². The van der Waals surface area contributed by atoms with E-state index in [9.17, 15) is 9.90 Å². The van der Waals surface area contributed by atoms with E-state index in [2.05, 4.69) is 28.9 Å². The number of aliphatic hydroxyl groups excluding tert-OH is 1. The Kier molecular flexibility index (Phi) is 5.79. The zero-order valence-electron chi connectivity index (χ0n) is 17.2. The zero-order valence-corrected chi connectivity index (χ0v) is 17.2. The third kappa shape index (κ3) is 4.26. The molecule has 0 bridgehead atoms. The van der Waals surface area contributed by atoms with Crippen LogP contribution >= 0.6 is 0 Å². The van der Waals surface area contributed by atoms with E-state index < -0.39 is 6.10 Å². The molecular formula is C24H29N3O2. The van der Waals surface area contributed by atoms with Gasteiger partial charge in [0.15, 0.2) is 0 Å². The molecular weight excluding hydrogens is 362 g/mol. The van der Waals surface area contributed by atoms with Gasteiger partial charge in [-0.25, -0.2) is 4.98 Å². The fourth-order valence-electron chi connectivity index (χ4n) is 4.32. The number of fused-ring (bicyclic) bond motifs is 1. The first kappa shape index (κ1) is 19.8. The lowest BCUT2D eigenvalue weighted by Crippen LogP contribution is -2.37. The minimum atomic E-state index is -0.394. The Morgan fingerprint density at radius 3 is 2.55 bits per heavy atom. The van der Waals surface area contributed by atoms with Crippen LogP contribution in [-0.4, -0.2) is 39.0 Å². The van der Waals surface area contributed by atoms with Gasteiger partial charge in [-0.2, -0.15) is 0 Å². The number of likely N-dealkylation sites (tertiary alicyclic amines) is 1. The Bertz CT molecular complexity index is 1030. The second kappa shape index (κ2) is 8.47. The summed E-state index contributed by atoms with van der Waals surface area (Å²) in [5.74, 6) is 0.295. The van der Waals surface area contributed by atoms with Gasteiger partial charge in [-0.3, -0.25) is 9.20 Å². The highest BCUT2D eigenvalue weighted by Crippen LogP contribution is 2.30. The van der Waals surface area contributed by atoms with E-state index in [1.54, 1.807) is 10.6 Å². The lowest BCUT2D eigenvalue weighted by Gasteiger charge is -2.34. The van der Waals surface area contributed by atoms with E-state index >= 15 is 0 Å². The van der Waals surface area contributed by atoms with Gasteiger partial charge in [0.05, 0.1) is 6.10 Å². The van der Waals surface area contributed by atoms with Gasteiger partial charge >= 0.3 is 0 Å². The molecule has 0 radical (unpaired) electrons. The molecule has 1 aromatic carbocycles. The molecule has 0 spiro atoms. The van der Waals surface area contributed by atoms with Crippen molar-refractivity contribution < 1.29 is 5.11 Å². The van der Waals surface area contributed by atoms with Crippen molar-refractivity contribution in [2.45, 2.75) is 39.2 Å². The average Bonchev–Trinajstić information content (AvgIpc) is 2.74. The summed E-state index contributed by atoms with van der Waals surface area (Å²) in [4.78, 5) is 19.8. The van der Waals surface area contributed by atoms with Gasteiger partial charge in [-0.1, -0.05) is 35.9 Å². The Balaban J connectivity index is 1.36. The number of hydrogen-bond donors (Lipinski definition) is 1. The van der Waals surface area contributed by atoms with Gasteiger partial charge in [0.25, 0.3) is 5.56 Å². The number of nitrogens with zero attached hydrogens (tertiary/aromatic N) is 3. The first-order chi connectivity index (χ1) is 14.0. The van der Waals surface area contributed by atoms with Crippen molar-refractivity contribution in [3.8, 4) is 0 Å². The lowest BCUT2D eigenvalue weighted by atomic mass is 9.87. The highest BCUT2D eigenvalue weighted by atomic mass is 16.3. The summed E-state index contributed by atoms with van der Waals surface area (Å²) in [6.45, 7) is 6.75. The maximum Gasteiger partial charge on any atom is 0.261 e. The van der Waals surface area contributed by atoms with E-state index in [0.29, 0.717) is 18.0 Å². The standard InChI is InChI=1S/C24H29N3O2/c1-17-6-8-19(9-7-17)23(28)20-10-14-26(15-11-20)16-12-21-18(2)25-22-5-3-4-13-27(22)24(21)29/h3-9,13,20,23,28H,10-12,14-16H2,1-2H3. The minimum absolute atomic E-state index is 0.0396. The lowest BCUT2D eigenvalue weighted by molar-refractivity contribution is 0.0592. The van der Waals surface area contributed by atoms with Crippen LogP contribution in [0.1, 0.15) is 41.3 Å². The molecule has 4 rings (SSSR count). The van der Waals surface area contributed by atoms with Gasteiger partial charge < -0.3 is 10.0 Å². The maximum atomic E-state index is 12.8. The Hall–Kier alpha value is -2.50. The molecule has 1 fully saturated rings. The van der Waals surface area contributed by atoms with Crippen molar-refractivity contribution in [2.24, 2.45) is 5.92 Å². The van der Waals surface area contributed by atoms with Crippen LogP contribution in [0, 0.1) is 19.8 Å². The SMILES string of the molecule is Cc1ccc(C(O)C2CCN(CCc3c(C)nc4ccccn4c3=O)CC2)cc1. The Morgan fingerprint density at radius 2 is 1.83 bits per heavy atom. The van der Waals surface area contributed by atoms with Crippen LogP contribution in [0.3, 0.4) is 0 Å². The molecule has 0 saturated carbocycles. The normalized spacial score (nSPS) is 16.9. The molecule has 5 nitrogen and oxygen atoms in total. The predicted molar refractivity (Wildman–Crippen MR) is 115 cm³/mol. The second-order valence-electron chi connectivity index (χ2n) is 8.19. The summed E-state index contributed by atoms with van der Waals surface area (Å²) >= 11 is 0. The molecule has 152 valence electrons. The summed E-state index contributed by atoms with van der Waals surface area (Å²) < 4.78 is 1.63. The number of pyridine rings is 1. The summed E-state index contributed by atoms with van der Waals surface area (Å²) in [6.07, 6.45) is 4.05. The molecule has 0 aliphatic carbocycles. The fraction of sp³-hybridized carbons (Fsp3) is 0.417. The molecule has 3 aromatic rings. The first-order valence-corrected chi connectivity index (χ1v) is 10.5. The smallest absolute Gasteiger partial charge is 0.261 e. The summed E-state index contributed by atoms with van der Waals surface area (Å²) in [6, 6.07) is 13.8. The Labute approximate surface area is 171 Å². The van der Waals surface area contributed by atoms with Crippen LogP contribution in [0.2, 0.25) is 0 Å². The highest BCUT2D eigenvalue weighted by molar-refractivity contribution is 5.40. The van der Waals surface area contributed by atoms with Crippen molar-refractivity contribution >= 4 is 5.65 Å². The summed E-state index contributed by atoms with van der Waals surface area (Å²) in [5, 5.41) is 10.7. The van der Waals surface area contributed by atoms with Gasteiger partial charge in [0.1, 0.15) is 5.65 Å². The van der Waals surface area contributed by atoms with E-state index in [4.69, 9.17) is 0 Å². The molecule has 3 heterocycles. The quantitative estimate of drug-likeness (QED) is 0.725. The molecule has 1 atom stereocenters. The molecule has 1 N–H and O–H groups in total. The molecule has 29 heavy (non-hydrogen) atoms. The maximum absolute atomic E-state index is 12.8. The summed E-state index contributed by atoms with van der Waals surface area (Å²) in [5.41, 5.74) is 4.59. The summed E-state index contributed by atoms with van der Waals surface area (Å²) in [7, 11) is 0. The molecule has 1 saturated heterocycles. The van der Waals surface area contributed by atoms with Crippen LogP contribution in [0.5, 0.6) is 0 Å². The van der Waals surface area contributed by atoms with Gasteiger partial charge in [0.2, 0.25) is 0 Å². The van der Waals surface area contributed by atoms with Crippen LogP contribution in [0.15, 0.2) is 53.5 Å². The van der Waals surface area contributed by atoms with Crippen LogP contribution in [0.4, 0.5) is 0 Å². The molecule has 1 aliphatic heterocycles. The van der Waals surface area contributed by atoms with Gasteiger partial charge in [0, 0.05) is 24.0 Å². The number of piperidine rings is 1. The van der Waals surface area contributed by atoms with Crippen LogP contribution < -0.4 is 5.56 Å². The monoisotopic (exact) mass is 391 g/mol. The number of hydrogen-bond acceptors (Lipinski definition) is 4. The van der Waals surface area contributed by atoms with Crippen molar-refractivity contribution in [2.75, 3.05) is 19.6 Å². The highest BCUT2D eigenvalue weighted by Gasteiger charge is 2.26. The number of aromatic nitrogens is 2. The number of aliphatic hydroxyl groups is 1.